The van der Waals surface area contributed by atoms with Gasteiger partial charge >= 0.3 is 0 Å². The van der Waals surface area contributed by atoms with E-state index in [1.54, 1.807) is 12.1 Å². The maximum Gasteiger partial charge on any atom is 0.222 e. The average molecular weight is 392 g/mol. The van der Waals surface area contributed by atoms with Crippen LogP contribution in [0.15, 0.2) is 18.2 Å². The fourth-order valence-electron chi connectivity index (χ4n) is 6.16. The molecule has 2 bridgehead atoms. The lowest BCUT2D eigenvalue weighted by molar-refractivity contribution is -0.139. The van der Waals surface area contributed by atoms with Gasteiger partial charge in [0.15, 0.2) is 0 Å². The molecule has 0 radical (unpaired) electrons. The predicted molar refractivity (Wildman–Crippen MR) is 106 cm³/mol. The van der Waals surface area contributed by atoms with E-state index in [2.05, 4.69) is 19.2 Å². The Morgan fingerprint density at radius 2 is 2.11 bits per heavy atom. The van der Waals surface area contributed by atoms with Crippen molar-refractivity contribution in [2.45, 2.75) is 59.1 Å². The zero-order chi connectivity index (χ0) is 19.6. The van der Waals surface area contributed by atoms with Crippen molar-refractivity contribution in [1.29, 1.82) is 0 Å². The molecular formula is C22H30ClNO3. The molecule has 1 aliphatic heterocycles. The van der Waals surface area contributed by atoms with Crippen LogP contribution < -0.4 is 5.32 Å². The van der Waals surface area contributed by atoms with Crippen molar-refractivity contribution in [3.63, 3.8) is 0 Å². The summed E-state index contributed by atoms with van der Waals surface area (Å²) in [6, 6.07) is 5.32. The van der Waals surface area contributed by atoms with Crippen LogP contribution >= 0.6 is 11.6 Å². The monoisotopic (exact) mass is 391 g/mol. The van der Waals surface area contributed by atoms with Gasteiger partial charge in [0.2, 0.25) is 5.91 Å². The number of phenols is 1. The van der Waals surface area contributed by atoms with Gasteiger partial charge in [-0.05, 0) is 60.1 Å². The van der Waals surface area contributed by atoms with Crippen LogP contribution in [-0.4, -0.2) is 23.7 Å². The summed E-state index contributed by atoms with van der Waals surface area (Å²) in [5.41, 5.74) is 0.876. The zero-order valence-electron chi connectivity index (χ0n) is 16.6. The lowest BCUT2D eigenvalue weighted by atomic mass is 9.58. The molecule has 27 heavy (non-hydrogen) atoms. The third-order valence-corrected chi connectivity index (χ3v) is 7.85. The van der Waals surface area contributed by atoms with Crippen LogP contribution in [0.3, 0.4) is 0 Å². The molecule has 1 unspecified atom stereocenters. The Kier molecular flexibility index (Phi) is 4.51. The van der Waals surface area contributed by atoms with E-state index >= 15 is 0 Å². The molecule has 1 aromatic rings. The van der Waals surface area contributed by atoms with Crippen molar-refractivity contribution in [3.8, 4) is 5.75 Å². The SMILES string of the molecule is CC(C)C(=O)N[C@@H]1C(C)(C)[C@@H]2C[C@@H]3[C@@H](c4cc(Cl)ccc4O)OCCC31C2. The minimum Gasteiger partial charge on any atom is -0.508 e. The number of carbonyl (C=O) groups is 1. The molecule has 4 rings (SSSR count). The fourth-order valence-corrected chi connectivity index (χ4v) is 6.34. The van der Waals surface area contributed by atoms with Crippen LogP contribution in [0.25, 0.3) is 0 Å². The van der Waals surface area contributed by atoms with Gasteiger partial charge in [0.25, 0.3) is 0 Å². The molecule has 1 amide bonds. The Morgan fingerprint density at radius 1 is 1.37 bits per heavy atom. The number of halogens is 1. The quantitative estimate of drug-likeness (QED) is 0.785. The molecule has 2 N–H and O–H groups in total. The van der Waals surface area contributed by atoms with Crippen LogP contribution in [0.2, 0.25) is 5.02 Å². The average Bonchev–Trinajstić information content (AvgIpc) is 3.09. The van der Waals surface area contributed by atoms with E-state index < -0.39 is 0 Å². The minimum absolute atomic E-state index is 0.0242. The second-order valence-electron chi connectivity index (χ2n) is 9.64. The minimum atomic E-state index is -0.169. The highest BCUT2D eigenvalue weighted by Crippen LogP contribution is 2.70. The number of benzene rings is 1. The van der Waals surface area contributed by atoms with Crippen molar-refractivity contribution in [3.05, 3.63) is 28.8 Å². The number of phenolic OH excluding ortho intramolecular Hbond substituents is 1. The molecule has 1 aromatic carbocycles. The summed E-state index contributed by atoms with van der Waals surface area (Å²) in [4.78, 5) is 12.6. The van der Waals surface area contributed by atoms with Crippen molar-refractivity contribution in [2.75, 3.05) is 6.61 Å². The van der Waals surface area contributed by atoms with Crippen LogP contribution in [0, 0.1) is 28.6 Å². The van der Waals surface area contributed by atoms with Crippen molar-refractivity contribution in [2.24, 2.45) is 28.6 Å². The first-order valence-electron chi connectivity index (χ1n) is 10.1. The summed E-state index contributed by atoms with van der Waals surface area (Å²) in [7, 11) is 0. The van der Waals surface area contributed by atoms with E-state index in [0.717, 1.165) is 24.8 Å². The lowest BCUT2D eigenvalue weighted by Gasteiger charge is -2.53. The molecule has 1 spiro atoms. The molecule has 1 saturated heterocycles. The van der Waals surface area contributed by atoms with E-state index in [-0.39, 0.29) is 46.5 Å². The zero-order valence-corrected chi connectivity index (χ0v) is 17.3. The van der Waals surface area contributed by atoms with Gasteiger partial charge in [-0.1, -0.05) is 39.3 Å². The Bertz CT molecular complexity index is 762. The number of hydrogen-bond acceptors (Lipinski definition) is 3. The molecule has 3 fully saturated rings. The van der Waals surface area contributed by atoms with Gasteiger partial charge in [-0.15, -0.1) is 0 Å². The largest absolute Gasteiger partial charge is 0.508 e. The van der Waals surface area contributed by atoms with Crippen molar-refractivity contribution in [1.82, 2.24) is 5.32 Å². The Morgan fingerprint density at radius 3 is 2.81 bits per heavy atom. The number of fused-ring (bicyclic) bond motifs is 1. The van der Waals surface area contributed by atoms with E-state index in [9.17, 15) is 9.90 Å². The van der Waals surface area contributed by atoms with Gasteiger partial charge in [0.1, 0.15) is 5.75 Å². The van der Waals surface area contributed by atoms with Gasteiger partial charge in [-0.25, -0.2) is 0 Å². The fraction of sp³-hybridized carbons (Fsp3) is 0.682. The van der Waals surface area contributed by atoms with Gasteiger partial charge in [0, 0.05) is 29.2 Å². The summed E-state index contributed by atoms with van der Waals surface area (Å²) in [5.74, 6) is 1.17. The third kappa shape index (κ3) is 2.79. The summed E-state index contributed by atoms with van der Waals surface area (Å²) in [5, 5.41) is 14.5. The van der Waals surface area contributed by atoms with Gasteiger partial charge < -0.3 is 15.2 Å². The molecule has 2 saturated carbocycles. The van der Waals surface area contributed by atoms with Crippen molar-refractivity contribution < 1.29 is 14.6 Å². The summed E-state index contributed by atoms with van der Waals surface area (Å²) in [6.45, 7) is 9.14. The van der Waals surface area contributed by atoms with Gasteiger partial charge in [-0.3, -0.25) is 4.79 Å². The number of ether oxygens (including phenoxy) is 1. The topological polar surface area (TPSA) is 58.6 Å². The van der Waals surface area contributed by atoms with Crippen molar-refractivity contribution >= 4 is 17.5 Å². The highest BCUT2D eigenvalue weighted by atomic mass is 35.5. The standard InChI is InChI=1S/C22H30ClNO3/c1-12(2)19(26)24-20-21(3,4)13-9-16-18(27-8-7-22(16,20)11-13)15-10-14(23)5-6-17(15)25/h5-6,10,12-13,16,18,20,25H,7-9,11H2,1-4H3,(H,24,26)/t13-,16-,18-,20-,22?/m1/s1. The maximum atomic E-state index is 12.6. The molecule has 0 aromatic heterocycles. The Hall–Kier alpha value is -1.26. The lowest BCUT2D eigenvalue weighted by Crippen LogP contribution is -2.59. The number of nitrogens with one attached hydrogen (secondary N) is 1. The summed E-state index contributed by atoms with van der Waals surface area (Å²) < 4.78 is 6.20. The highest BCUT2D eigenvalue weighted by Gasteiger charge is 2.68. The number of aromatic hydroxyl groups is 1. The van der Waals surface area contributed by atoms with E-state index in [4.69, 9.17) is 16.3 Å². The molecular weight excluding hydrogens is 362 g/mol. The molecule has 4 nitrogen and oxygen atoms in total. The highest BCUT2D eigenvalue weighted by molar-refractivity contribution is 6.30. The smallest absolute Gasteiger partial charge is 0.222 e. The normalized spacial score (nSPS) is 36.7. The van der Waals surface area contributed by atoms with Crippen LogP contribution in [-0.2, 0) is 9.53 Å². The number of amides is 1. The summed E-state index contributed by atoms with van der Waals surface area (Å²) >= 11 is 6.21. The molecule has 1 heterocycles. The maximum absolute atomic E-state index is 12.6. The molecule has 5 heteroatoms. The second-order valence-corrected chi connectivity index (χ2v) is 10.1. The summed E-state index contributed by atoms with van der Waals surface area (Å²) in [6.07, 6.45) is 2.97. The van der Waals surface area contributed by atoms with E-state index in [0.29, 0.717) is 17.5 Å². The van der Waals surface area contributed by atoms with E-state index in [1.807, 2.05) is 19.9 Å². The van der Waals surface area contributed by atoms with Crippen LogP contribution in [0.5, 0.6) is 5.75 Å². The van der Waals surface area contributed by atoms with E-state index in [1.165, 1.54) is 0 Å². The van der Waals surface area contributed by atoms with Crippen LogP contribution in [0.4, 0.5) is 0 Å². The molecule has 2 aliphatic carbocycles. The first kappa shape index (κ1) is 19.1. The number of hydrogen-bond donors (Lipinski definition) is 2. The predicted octanol–water partition coefficient (Wildman–Crippen LogP) is 4.70. The van der Waals surface area contributed by atoms with Gasteiger partial charge in [0.05, 0.1) is 6.10 Å². The Balaban J connectivity index is 1.72. The second kappa shape index (κ2) is 6.38. The van der Waals surface area contributed by atoms with Gasteiger partial charge in [-0.2, -0.15) is 0 Å². The molecule has 148 valence electrons. The number of rotatable bonds is 3. The third-order valence-electron chi connectivity index (χ3n) is 7.61. The Labute approximate surface area is 166 Å². The first-order chi connectivity index (χ1) is 12.7. The molecule has 5 atom stereocenters. The number of carbonyl (C=O) groups excluding carboxylic acids is 1. The first-order valence-corrected chi connectivity index (χ1v) is 10.4. The van der Waals surface area contributed by atoms with Crippen LogP contribution in [0.1, 0.15) is 58.6 Å². The molecule has 3 aliphatic rings.